The number of carbonyl (C=O) groups is 1. The van der Waals surface area contributed by atoms with Gasteiger partial charge in [0.2, 0.25) is 5.91 Å². The minimum Gasteiger partial charge on any atom is -0.496 e. The molecule has 0 bridgehead atoms. The monoisotopic (exact) mass is 465 g/mol. The van der Waals surface area contributed by atoms with E-state index in [4.69, 9.17) is 21.1 Å². The number of amides is 1. The highest BCUT2D eigenvalue weighted by atomic mass is 35.5. The van der Waals surface area contributed by atoms with Crippen LogP contribution in [0.5, 0.6) is 11.5 Å². The third kappa shape index (κ3) is 5.44. The highest BCUT2D eigenvalue weighted by molar-refractivity contribution is 6.30. The summed E-state index contributed by atoms with van der Waals surface area (Å²) in [6, 6.07) is 13.7. The molecule has 1 atom stereocenters. The molecule has 0 aliphatic heterocycles. The number of rotatable bonds is 9. The second kappa shape index (κ2) is 10.5. The molecule has 4 nitrogen and oxygen atoms in total. The highest BCUT2D eigenvalue weighted by Gasteiger charge is 2.47. The van der Waals surface area contributed by atoms with Gasteiger partial charge in [0.15, 0.2) is 0 Å². The van der Waals surface area contributed by atoms with Crippen LogP contribution in [0.1, 0.15) is 43.7 Å². The van der Waals surface area contributed by atoms with E-state index in [9.17, 15) is 4.79 Å². The Morgan fingerprint density at radius 3 is 2.64 bits per heavy atom. The number of halogens is 1. The van der Waals surface area contributed by atoms with Gasteiger partial charge in [-0.15, -0.1) is 0 Å². The summed E-state index contributed by atoms with van der Waals surface area (Å²) in [4.78, 5) is 13.2. The van der Waals surface area contributed by atoms with Crippen LogP contribution in [0.3, 0.4) is 0 Å². The van der Waals surface area contributed by atoms with Crippen molar-refractivity contribution in [2.45, 2.75) is 44.4 Å². The number of methoxy groups -OCH3 is 1. The largest absolute Gasteiger partial charge is 0.496 e. The number of benzene rings is 2. The second-order valence-corrected chi connectivity index (χ2v) is 9.51. The Labute approximate surface area is 201 Å². The van der Waals surface area contributed by atoms with Gasteiger partial charge in [0.25, 0.3) is 0 Å². The first-order chi connectivity index (χ1) is 16.0. The lowest BCUT2D eigenvalue weighted by molar-refractivity contribution is -0.129. The molecule has 4 rings (SSSR count). The smallest absolute Gasteiger partial charge is 0.230 e. The first-order valence-corrected chi connectivity index (χ1v) is 12.1. The molecule has 2 aliphatic rings. The molecule has 174 valence electrons. The van der Waals surface area contributed by atoms with E-state index >= 15 is 0 Å². The molecule has 33 heavy (non-hydrogen) atoms. The fourth-order valence-corrected chi connectivity index (χ4v) is 4.80. The van der Waals surface area contributed by atoms with E-state index in [1.54, 1.807) is 13.2 Å². The number of nitrogens with one attached hydrogen (secondary N) is 1. The van der Waals surface area contributed by atoms with Gasteiger partial charge in [0, 0.05) is 17.1 Å². The summed E-state index contributed by atoms with van der Waals surface area (Å²) in [6.07, 6.45) is 11.2. The zero-order valence-electron chi connectivity index (χ0n) is 19.4. The molecule has 0 radical (unpaired) electrons. The van der Waals surface area contributed by atoms with E-state index in [2.05, 4.69) is 42.6 Å². The predicted octanol–water partition coefficient (Wildman–Crippen LogP) is 6.03. The topological polar surface area (TPSA) is 47.6 Å². The van der Waals surface area contributed by atoms with Crippen LogP contribution >= 0.6 is 11.6 Å². The molecule has 0 heterocycles. The van der Waals surface area contributed by atoms with E-state index in [0.29, 0.717) is 29.8 Å². The van der Waals surface area contributed by atoms with Gasteiger partial charge < -0.3 is 14.8 Å². The van der Waals surface area contributed by atoms with Gasteiger partial charge in [-0.1, -0.05) is 61.4 Å². The van der Waals surface area contributed by atoms with Gasteiger partial charge in [0.05, 0.1) is 12.5 Å². The molecular formula is C28H32ClNO3. The molecule has 1 N–H and O–H groups in total. The van der Waals surface area contributed by atoms with Gasteiger partial charge >= 0.3 is 0 Å². The first-order valence-electron chi connectivity index (χ1n) is 11.7. The zero-order valence-corrected chi connectivity index (χ0v) is 20.2. The molecule has 1 amide bonds. The first kappa shape index (κ1) is 23.4. The zero-order chi connectivity index (χ0) is 23.3. The minimum absolute atomic E-state index is 0.0670. The number of ether oxygens (including phenoxy) is 2. The number of allylic oxidation sites excluding steroid dienone is 2. The van der Waals surface area contributed by atoms with Crippen LogP contribution in [0, 0.1) is 5.92 Å². The summed E-state index contributed by atoms with van der Waals surface area (Å²) in [5.41, 5.74) is 2.80. The molecule has 2 aliphatic carbocycles. The van der Waals surface area contributed by atoms with Crippen molar-refractivity contribution in [3.63, 3.8) is 0 Å². The molecule has 1 unspecified atom stereocenters. The van der Waals surface area contributed by atoms with Gasteiger partial charge in [-0.05, 0) is 67.0 Å². The summed E-state index contributed by atoms with van der Waals surface area (Å²) in [6.45, 7) is 3.40. The Balaban J connectivity index is 1.30. The maximum absolute atomic E-state index is 13.2. The van der Waals surface area contributed by atoms with Crippen molar-refractivity contribution >= 4 is 17.5 Å². The van der Waals surface area contributed by atoms with Gasteiger partial charge in [-0.25, -0.2) is 0 Å². The second-order valence-electron chi connectivity index (χ2n) is 9.08. The third-order valence-electron chi connectivity index (χ3n) is 6.69. The summed E-state index contributed by atoms with van der Waals surface area (Å²) in [7, 11) is 1.62. The SMILES string of the molecule is COc1cc(Cl)ccc1C1(C(=O)NCCc2ccc(OCC3=CC(C)CC=C3)cc2)CCC1. The number of carbonyl (C=O) groups excluding carboxylic acids is 1. The summed E-state index contributed by atoms with van der Waals surface area (Å²) < 4.78 is 11.5. The fraction of sp³-hybridized carbons (Fsp3) is 0.393. The average molecular weight is 466 g/mol. The van der Waals surface area contributed by atoms with Crippen LogP contribution in [0.2, 0.25) is 5.02 Å². The lowest BCUT2D eigenvalue weighted by Gasteiger charge is -2.41. The Kier molecular flexibility index (Phi) is 7.44. The molecule has 5 heteroatoms. The van der Waals surface area contributed by atoms with Crippen molar-refractivity contribution in [2.24, 2.45) is 5.92 Å². The number of hydrogen-bond acceptors (Lipinski definition) is 3. The molecule has 0 saturated heterocycles. The van der Waals surface area contributed by atoms with Crippen LogP contribution < -0.4 is 14.8 Å². The van der Waals surface area contributed by atoms with E-state index in [1.807, 2.05) is 24.3 Å². The maximum Gasteiger partial charge on any atom is 0.230 e. The van der Waals surface area contributed by atoms with E-state index < -0.39 is 5.41 Å². The summed E-state index contributed by atoms with van der Waals surface area (Å²) in [5, 5.41) is 3.76. The summed E-state index contributed by atoms with van der Waals surface area (Å²) in [5.74, 6) is 2.18. The molecule has 0 spiro atoms. The quantitative estimate of drug-likeness (QED) is 0.491. The van der Waals surface area contributed by atoms with Crippen LogP contribution in [0.25, 0.3) is 0 Å². The minimum atomic E-state index is -0.520. The molecular weight excluding hydrogens is 434 g/mol. The van der Waals surface area contributed by atoms with Crippen molar-refractivity contribution in [1.29, 1.82) is 0 Å². The van der Waals surface area contributed by atoms with Crippen molar-refractivity contribution in [2.75, 3.05) is 20.3 Å². The lowest BCUT2D eigenvalue weighted by Crippen LogP contribution is -2.49. The Hall–Kier alpha value is -2.72. The Morgan fingerprint density at radius 2 is 1.97 bits per heavy atom. The lowest BCUT2D eigenvalue weighted by atomic mass is 9.63. The Bertz CT molecular complexity index is 1040. The number of hydrogen-bond donors (Lipinski definition) is 1. The maximum atomic E-state index is 13.2. The predicted molar refractivity (Wildman–Crippen MR) is 133 cm³/mol. The van der Waals surface area contributed by atoms with Crippen molar-refractivity contribution in [3.8, 4) is 11.5 Å². The normalized spacial score (nSPS) is 18.8. The molecule has 0 aromatic heterocycles. The van der Waals surface area contributed by atoms with E-state index in [1.165, 1.54) is 11.1 Å². The van der Waals surface area contributed by atoms with Crippen molar-refractivity contribution < 1.29 is 14.3 Å². The fourth-order valence-electron chi connectivity index (χ4n) is 4.64. The highest BCUT2D eigenvalue weighted by Crippen LogP contribution is 2.47. The van der Waals surface area contributed by atoms with Crippen molar-refractivity contribution in [1.82, 2.24) is 5.32 Å². The van der Waals surface area contributed by atoms with Gasteiger partial charge in [-0.2, -0.15) is 0 Å². The third-order valence-corrected chi connectivity index (χ3v) is 6.92. The van der Waals surface area contributed by atoms with Crippen molar-refractivity contribution in [3.05, 3.63) is 82.4 Å². The van der Waals surface area contributed by atoms with Crippen LogP contribution in [-0.2, 0) is 16.6 Å². The average Bonchev–Trinajstić information content (AvgIpc) is 2.79. The van der Waals surface area contributed by atoms with E-state index in [0.717, 1.165) is 43.4 Å². The van der Waals surface area contributed by atoms with E-state index in [-0.39, 0.29) is 5.91 Å². The van der Waals surface area contributed by atoms with Crippen LogP contribution in [0.4, 0.5) is 0 Å². The van der Waals surface area contributed by atoms with Crippen LogP contribution in [-0.4, -0.2) is 26.2 Å². The van der Waals surface area contributed by atoms with Gasteiger partial charge in [0.1, 0.15) is 18.1 Å². The molecule has 2 aromatic rings. The standard InChI is InChI=1S/C28H32ClNO3/c1-20-5-3-6-22(17-20)19-33-24-10-7-21(8-11-24)13-16-30-27(31)28(14-4-15-28)25-12-9-23(29)18-26(25)32-2/h3,6-12,17-18,20H,4-5,13-16,19H2,1-2H3,(H,30,31). The van der Waals surface area contributed by atoms with Crippen LogP contribution in [0.15, 0.2) is 66.3 Å². The molecule has 2 aromatic carbocycles. The summed E-state index contributed by atoms with van der Waals surface area (Å²) >= 11 is 6.12. The van der Waals surface area contributed by atoms with Gasteiger partial charge in [-0.3, -0.25) is 4.79 Å². The molecule has 1 saturated carbocycles. The molecule has 1 fully saturated rings. The Morgan fingerprint density at radius 1 is 1.18 bits per heavy atom.